The number of methoxy groups -OCH3 is 2. The Labute approximate surface area is 223 Å². The second-order valence-corrected chi connectivity index (χ2v) is 11.7. The summed E-state index contributed by atoms with van der Waals surface area (Å²) in [5.41, 5.74) is 1.79. The zero-order valence-corrected chi connectivity index (χ0v) is 22.7. The summed E-state index contributed by atoms with van der Waals surface area (Å²) in [6.45, 7) is 0.705. The summed E-state index contributed by atoms with van der Waals surface area (Å²) in [7, 11) is -0.573. The highest BCUT2D eigenvalue weighted by atomic mass is 32.2. The number of rotatable bonds is 13. The lowest BCUT2D eigenvalue weighted by Gasteiger charge is -2.26. The number of ether oxygens (including phenoxy) is 2. The van der Waals surface area contributed by atoms with E-state index in [1.807, 2.05) is 66.0 Å². The van der Waals surface area contributed by atoms with Crippen molar-refractivity contribution in [2.24, 2.45) is 0 Å². The molecule has 3 aromatic rings. The van der Waals surface area contributed by atoms with Gasteiger partial charge in [-0.05, 0) is 60.0 Å². The van der Waals surface area contributed by atoms with Gasteiger partial charge in [0.25, 0.3) is 0 Å². The van der Waals surface area contributed by atoms with Crippen molar-refractivity contribution in [3.63, 3.8) is 0 Å². The number of hydrogen-bond donors (Lipinski definition) is 0. The first-order valence-corrected chi connectivity index (χ1v) is 14.5. The maximum atomic E-state index is 13.5. The topological polar surface area (TPSA) is 76.2 Å². The summed E-state index contributed by atoms with van der Waals surface area (Å²) < 4.78 is 38.5. The van der Waals surface area contributed by atoms with Crippen LogP contribution in [0, 0.1) is 0 Å². The lowest BCUT2D eigenvalue weighted by molar-refractivity contribution is -0.132. The van der Waals surface area contributed by atoms with Crippen molar-refractivity contribution in [1.82, 2.24) is 9.21 Å². The van der Waals surface area contributed by atoms with Gasteiger partial charge in [-0.2, -0.15) is 4.31 Å². The van der Waals surface area contributed by atoms with Gasteiger partial charge >= 0.3 is 0 Å². The number of carbonyl (C=O) groups excluding carboxylic acids is 1. The Hall–Kier alpha value is -3.14. The van der Waals surface area contributed by atoms with Gasteiger partial charge in [0.1, 0.15) is 0 Å². The molecule has 0 unspecified atom stereocenters. The molecule has 196 valence electrons. The largest absolute Gasteiger partial charge is 0.493 e. The normalized spacial score (nSPS) is 13.7. The molecule has 1 saturated carbocycles. The van der Waals surface area contributed by atoms with E-state index in [9.17, 15) is 13.2 Å². The number of nitrogens with zero attached hydrogens (tertiary/aromatic N) is 2. The van der Waals surface area contributed by atoms with Crippen LogP contribution in [0.2, 0.25) is 0 Å². The van der Waals surface area contributed by atoms with Crippen LogP contribution in [-0.4, -0.2) is 56.9 Å². The van der Waals surface area contributed by atoms with Crippen LogP contribution in [0.3, 0.4) is 0 Å². The van der Waals surface area contributed by atoms with Crippen LogP contribution in [0.25, 0.3) is 6.08 Å². The van der Waals surface area contributed by atoms with E-state index in [2.05, 4.69) is 0 Å². The standard InChI is InChI=1S/C28H32N2O5S2/c1-34-26-13-10-23(19-27(26)35-2)14-16-29(20-25-9-6-17-36-25)28(31)21-30(24-11-12-24)37(32,33)18-15-22-7-4-3-5-8-22/h3-10,13,15,17-19,24H,11-12,14,16,20-21H2,1-2H3/b18-15+. The van der Waals surface area contributed by atoms with Gasteiger partial charge in [-0.1, -0.05) is 42.5 Å². The highest BCUT2D eigenvalue weighted by molar-refractivity contribution is 7.92. The maximum Gasteiger partial charge on any atom is 0.238 e. The molecule has 4 rings (SSSR count). The molecular formula is C28H32N2O5S2. The number of benzene rings is 2. The molecule has 1 aliphatic carbocycles. The van der Waals surface area contributed by atoms with E-state index in [0.29, 0.717) is 31.0 Å². The minimum Gasteiger partial charge on any atom is -0.493 e. The molecule has 1 amide bonds. The average Bonchev–Trinajstić information content (AvgIpc) is 3.62. The fourth-order valence-corrected chi connectivity index (χ4v) is 6.13. The van der Waals surface area contributed by atoms with Crippen molar-refractivity contribution in [3.05, 3.63) is 87.5 Å². The zero-order chi connectivity index (χ0) is 26.3. The lowest BCUT2D eigenvalue weighted by atomic mass is 10.1. The second-order valence-electron chi connectivity index (χ2n) is 8.87. The van der Waals surface area contributed by atoms with E-state index in [-0.39, 0.29) is 18.5 Å². The summed E-state index contributed by atoms with van der Waals surface area (Å²) >= 11 is 1.58. The minimum absolute atomic E-state index is 0.135. The van der Waals surface area contributed by atoms with E-state index in [4.69, 9.17) is 9.47 Å². The Kier molecular flexibility index (Phi) is 9.02. The predicted octanol–water partition coefficient (Wildman–Crippen LogP) is 4.80. The van der Waals surface area contributed by atoms with Gasteiger partial charge in [-0.15, -0.1) is 11.3 Å². The van der Waals surface area contributed by atoms with Crippen molar-refractivity contribution < 1.29 is 22.7 Å². The molecule has 0 N–H and O–H groups in total. The van der Waals surface area contributed by atoms with E-state index in [1.54, 1.807) is 36.5 Å². The molecule has 9 heteroatoms. The van der Waals surface area contributed by atoms with E-state index in [0.717, 1.165) is 28.8 Å². The first-order chi connectivity index (χ1) is 17.9. The third-order valence-electron chi connectivity index (χ3n) is 6.20. The molecule has 0 radical (unpaired) electrons. The van der Waals surface area contributed by atoms with Crippen LogP contribution in [-0.2, 0) is 27.8 Å². The molecule has 0 aliphatic heterocycles. The van der Waals surface area contributed by atoms with Crippen LogP contribution in [0.4, 0.5) is 0 Å². The molecule has 2 aromatic carbocycles. The minimum atomic E-state index is -3.75. The monoisotopic (exact) mass is 540 g/mol. The quantitative estimate of drug-likeness (QED) is 0.311. The number of carbonyl (C=O) groups is 1. The van der Waals surface area contributed by atoms with Crippen molar-refractivity contribution in [3.8, 4) is 11.5 Å². The van der Waals surface area contributed by atoms with Gasteiger partial charge < -0.3 is 14.4 Å². The van der Waals surface area contributed by atoms with Crippen molar-refractivity contribution in [2.45, 2.75) is 31.8 Å². The third kappa shape index (κ3) is 7.44. The Morgan fingerprint density at radius 2 is 1.78 bits per heavy atom. The van der Waals surface area contributed by atoms with Crippen LogP contribution >= 0.6 is 11.3 Å². The Bertz CT molecular complexity index is 1300. The van der Waals surface area contributed by atoms with Crippen molar-refractivity contribution in [2.75, 3.05) is 27.3 Å². The summed E-state index contributed by atoms with van der Waals surface area (Å²) in [4.78, 5) is 16.3. The molecule has 37 heavy (non-hydrogen) atoms. The summed E-state index contributed by atoms with van der Waals surface area (Å²) in [6, 6.07) is 18.8. The molecule has 0 saturated heterocycles. The summed E-state index contributed by atoms with van der Waals surface area (Å²) in [5.74, 6) is 1.07. The van der Waals surface area contributed by atoms with Crippen molar-refractivity contribution >= 4 is 33.3 Å². The Morgan fingerprint density at radius 1 is 1.03 bits per heavy atom. The van der Waals surface area contributed by atoms with Crippen LogP contribution < -0.4 is 9.47 Å². The molecule has 1 aliphatic rings. The Morgan fingerprint density at radius 3 is 2.43 bits per heavy atom. The maximum absolute atomic E-state index is 13.5. The van der Waals surface area contributed by atoms with Crippen LogP contribution in [0.5, 0.6) is 11.5 Å². The first-order valence-electron chi connectivity index (χ1n) is 12.2. The highest BCUT2D eigenvalue weighted by Gasteiger charge is 2.38. The molecule has 1 heterocycles. The van der Waals surface area contributed by atoms with Gasteiger partial charge in [0.2, 0.25) is 15.9 Å². The van der Waals surface area contributed by atoms with Gasteiger partial charge in [0.05, 0.1) is 27.3 Å². The summed E-state index contributed by atoms with van der Waals surface area (Å²) in [5, 5.41) is 3.18. The zero-order valence-electron chi connectivity index (χ0n) is 21.1. The number of hydrogen-bond acceptors (Lipinski definition) is 6. The van der Waals surface area contributed by atoms with Crippen LogP contribution in [0.15, 0.2) is 71.5 Å². The van der Waals surface area contributed by atoms with E-state index in [1.165, 1.54) is 9.71 Å². The predicted molar refractivity (Wildman–Crippen MR) is 147 cm³/mol. The average molecular weight is 541 g/mol. The van der Waals surface area contributed by atoms with Crippen molar-refractivity contribution in [1.29, 1.82) is 0 Å². The molecule has 7 nitrogen and oxygen atoms in total. The molecule has 1 aromatic heterocycles. The second kappa shape index (κ2) is 12.4. The fraction of sp³-hybridized carbons (Fsp3) is 0.321. The lowest BCUT2D eigenvalue weighted by Crippen LogP contribution is -2.43. The Balaban J connectivity index is 1.49. The van der Waals surface area contributed by atoms with E-state index >= 15 is 0 Å². The smallest absolute Gasteiger partial charge is 0.238 e. The van der Waals surface area contributed by atoms with Gasteiger partial charge in [0.15, 0.2) is 11.5 Å². The van der Waals surface area contributed by atoms with Gasteiger partial charge in [-0.3, -0.25) is 4.79 Å². The number of sulfonamides is 1. The number of amides is 1. The molecular weight excluding hydrogens is 508 g/mol. The third-order valence-corrected chi connectivity index (χ3v) is 8.62. The van der Waals surface area contributed by atoms with Crippen LogP contribution in [0.1, 0.15) is 28.8 Å². The highest BCUT2D eigenvalue weighted by Crippen LogP contribution is 2.31. The van der Waals surface area contributed by atoms with Gasteiger partial charge in [0, 0.05) is 22.9 Å². The fourth-order valence-electron chi connectivity index (χ4n) is 4.01. The SMILES string of the molecule is COc1ccc(CCN(Cc2cccs2)C(=O)CN(C2CC2)S(=O)(=O)/C=C/c2ccccc2)cc1OC. The molecule has 0 spiro atoms. The molecule has 0 bridgehead atoms. The molecule has 0 atom stereocenters. The number of thiophene rings is 1. The van der Waals surface area contributed by atoms with Gasteiger partial charge in [-0.25, -0.2) is 8.42 Å². The first kappa shape index (κ1) is 26.9. The molecule has 1 fully saturated rings. The van der Waals surface area contributed by atoms with E-state index < -0.39 is 10.0 Å². The summed E-state index contributed by atoms with van der Waals surface area (Å²) in [6.07, 6.45) is 3.71.